The third kappa shape index (κ3) is 6.85. The minimum absolute atomic E-state index is 0.00266. The van der Waals surface area contributed by atoms with Crippen LogP contribution in [0.5, 0.6) is 11.5 Å². The van der Waals surface area contributed by atoms with E-state index in [1.807, 2.05) is 0 Å². The number of nitrogens with one attached hydrogen (secondary N) is 3. The molecule has 0 saturated heterocycles. The topological polar surface area (TPSA) is 175 Å². The maximum atomic E-state index is 15.7. The Labute approximate surface area is 286 Å². The quantitative estimate of drug-likeness (QED) is 0.150. The predicted octanol–water partition coefficient (Wildman–Crippen LogP) is 6.53. The molecule has 6 rings (SSSR count). The first-order valence-electron chi connectivity index (χ1n) is 15.8. The Kier molecular flexibility index (Phi) is 9.27. The van der Waals surface area contributed by atoms with Crippen molar-refractivity contribution in [2.24, 2.45) is 12.2 Å². The minimum atomic E-state index is -3.90. The van der Waals surface area contributed by atoms with E-state index < -0.39 is 38.6 Å². The molecule has 4 N–H and O–H groups in total. The van der Waals surface area contributed by atoms with Crippen LogP contribution in [0.3, 0.4) is 0 Å². The number of carboxylic acid groups (broad SMARTS) is 1. The molecule has 50 heavy (non-hydrogen) atoms. The van der Waals surface area contributed by atoms with E-state index in [0.717, 1.165) is 5.56 Å². The number of hydrogen-bond acceptors (Lipinski definition) is 9. The Morgan fingerprint density at radius 1 is 1.16 bits per heavy atom. The van der Waals surface area contributed by atoms with Gasteiger partial charge in [0.15, 0.2) is 33.1 Å². The number of sulfone groups is 1. The molecule has 0 unspecified atom stereocenters. The first kappa shape index (κ1) is 34.4. The normalized spacial score (nSPS) is 19.5. The van der Waals surface area contributed by atoms with Crippen molar-refractivity contribution in [1.82, 2.24) is 25.1 Å². The summed E-state index contributed by atoms with van der Waals surface area (Å²) in [6.07, 6.45) is 1.81. The molecule has 3 heterocycles. The first-order chi connectivity index (χ1) is 23.8. The van der Waals surface area contributed by atoms with Crippen LogP contribution in [0.4, 0.5) is 8.78 Å². The number of aromatic amines is 1. The maximum Gasteiger partial charge on any atom is 0.303 e. The fourth-order valence-electron chi connectivity index (χ4n) is 6.11. The molecule has 0 fully saturated rings. The number of aryl methyl sites for hydroxylation is 2. The molecule has 0 spiro atoms. The molecule has 4 bridgehead atoms. The number of rotatable bonds is 5. The van der Waals surface area contributed by atoms with E-state index in [-0.39, 0.29) is 66.0 Å². The Morgan fingerprint density at radius 2 is 1.96 bits per heavy atom. The lowest BCUT2D eigenvalue weighted by Crippen LogP contribution is -2.30. The van der Waals surface area contributed by atoms with Gasteiger partial charge in [-0.15, -0.1) is 0 Å². The molecule has 5 aromatic rings. The summed E-state index contributed by atoms with van der Waals surface area (Å²) in [5.74, 6) is -2.83. The van der Waals surface area contributed by atoms with Crippen molar-refractivity contribution < 1.29 is 31.8 Å². The minimum Gasteiger partial charge on any atom is -0.481 e. The fourth-order valence-corrected chi connectivity index (χ4v) is 7.67. The van der Waals surface area contributed by atoms with Crippen LogP contribution in [0.15, 0.2) is 77.3 Å². The first-order valence-corrected chi connectivity index (χ1v) is 17.6. The van der Waals surface area contributed by atoms with Crippen molar-refractivity contribution in [1.29, 1.82) is 5.53 Å². The lowest BCUT2D eigenvalue weighted by Gasteiger charge is -2.28. The van der Waals surface area contributed by atoms with Crippen molar-refractivity contribution in [2.75, 3.05) is 11.5 Å². The van der Waals surface area contributed by atoms with Crippen LogP contribution < -0.4 is 10.1 Å². The lowest BCUT2D eigenvalue weighted by molar-refractivity contribution is -0.136. The van der Waals surface area contributed by atoms with Gasteiger partial charge in [-0.1, -0.05) is 24.3 Å². The number of allylic oxidation sites excluding steroid dienone is 1. The highest BCUT2D eigenvalue weighted by molar-refractivity contribution is 7.91. The Bertz CT molecular complexity index is 2280. The third-order valence-electron chi connectivity index (χ3n) is 9.08. The Morgan fingerprint density at radius 3 is 2.72 bits per heavy atom. The van der Waals surface area contributed by atoms with Gasteiger partial charge < -0.3 is 20.1 Å². The number of carbonyl (C=O) groups is 1. The summed E-state index contributed by atoms with van der Waals surface area (Å²) < 4.78 is 66.1. The standard InChI is InChI=1S/C35H35F2N7O5S/c1-20-30(42-38)19-50(47,48)14-12-35(2,22-6-4-5-21(15-22)7-10-31(45)46)34-41-33(44(3)43-34)25-16-23(8-9-27(25)36)49-32-26(18-40-20)24-11-13-39-29(24)17-28(32)37/h4-6,8-9,11,13,15-17,38-40H,7,10,12,14,18-19H2,1-3H3,(H,45,46)/b30-20-,42-38?/t35-/m0/s1. The van der Waals surface area contributed by atoms with Crippen LogP contribution in [-0.2, 0) is 40.1 Å². The molecule has 260 valence electrons. The summed E-state index contributed by atoms with van der Waals surface area (Å²) in [7, 11) is -2.31. The zero-order valence-corrected chi connectivity index (χ0v) is 28.4. The zero-order chi connectivity index (χ0) is 35.8. The summed E-state index contributed by atoms with van der Waals surface area (Å²) >= 11 is 0. The molecule has 1 atom stereocenters. The number of H-pyrrole nitrogens is 1. The molecule has 1 aliphatic heterocycles. The van der Waals surface area contributed by atoms with Gasteiger partial charge in [0.2, 0.25) is 0 Å². The van der Waals surface area contributed by atoms with E-state index in [1.165, 1.54) is 28.9 Å². The van der Waals surface area contributed by atoms with Crippen LogP contribution in [0, 0.1) is 17.2 Å². The van der Waals surface area contributed by atoms with Crippen molar-refractivity contribution in [3.8, 4) is 22.9 Å². The summed E-state index contributed by atoms with van der Waals surface area (Å²) in [6.45, 7) is 3.36. The van der Waals surface area contributed by atoms with E-state index in [2.05, 4.69) is 20.5 Å². The number of halogens is 2. The van der Waals surface area contributed by atoms with Crippen LogP contribution in [-0.4, -0.2) is 50.7 Å². The van der Waals surface area contributed by atoms with Gasteiger partial charge in [-0.3, -0.25) is 4.79 Å². The van der Waals surface area contributed by atoms with Gasteiger partial charge in [0, 0.05) is 54.4 Å². The van der Waals surface area contributed by atoms with Crippen LogP contribution in [0.2, 0.25) is 0 Å². The van der Waals surface area contributed by atoms with Crippen molar-refractivity contribution in [3.05, 3.63) is 106 Å². The number of aromatic nitrogens is 4. The largest absolute Gasteiger partial charge is 0.481 e. The number of fused-ring (bicyclic) bond motifs is 8. The molecule has 2 aromatic heterocycles. The van der Waals surface area contributed by atoms with Gasteiger partial charge >= 0.3 is 5.97 Å². The molecule has 15 heteroatoms. The van der Waals surface area contributed by atoms with Crippen LogP contribution >= 0.6 is 0 Å². The second kappa shape index (κ2) is 13.5. The summed E-state index contributed by atoms with van der Waals surface area (Å²) in [4.78, 5) is 19.0. The second-order valence-electron chi connectivity index (χ2n) is 12.5. The summed E-state index contributed by atoms with van der Waals surface area (Å²) in [5, 5.41) is 21.2. The van der Waals surface area contributed by atoms with E-state index >= 15 is 8.78 Å². The highest BCUT2D eigenvalue weighted by Gasteiger charge is 2.36. The number of nitrogens with zero attached hydrogens (tertiary/aromatic N) is 4. The van der Waals surface area contributed by atoms with Gasteiger partial charge in [0.05, 0.1) is 28.2 Å². The third-order valence-corrected chi connectivity index (χ3v) is 10.6. The predicted molar refractivity (Wildman–Crippen MR) is 182 cm³/mol. The molecule has 0 saturated carbocycles. The SMILES string of the molecule is C/C1=C(/N=N)CS(=O)(=O)CC[C@@](C)(c2cccc(CCC(=O)O)c2)c2nc(n(C)n2)-c2cc(ccc2F)Oc2c(F)cc3[nH]ccc3c2CN1. The summed E-state index contributed by atoms with van der Waals surface area (Å²) in [6, 6.07) is 14.2. The van der Waals surface area contributed by atoms with E-state index in [1.54, 1.807) is 57.4 Å². The van der Waals surface area contributed by atoms with Crippen molar-refractivity contribution in [3.63, 3.8) is 0 Å². The van der Waals surface area contributed by atoms with Gasteiger partial charge in [0.25, 0.3) is 0 Å². The number of aliphatic carboxylic acids is 1. The van der Waals surface area contributed by atoms with Crippen LogP contribution in [0.1, 0.15) is 49.2 Å². The monoisotopic (exact) mass is 703 g/mol. The Balaban J connectivity index is 1.54. The van der Waals surface area contributed by atoms with Gasteiger partial charge in [-0.25, -0.2) is 32.4 Å². The van der Waals surface area contributed by atoms with E-state index in [9.17, 15) is 18.3 Å². The van der Waals surface area contributed by atoms with Crippen molar-refractivity contribution in [2.45, 2.75) is 45.1 Å². The molecule has 0 radical (unpaired) electrons. The molecular weight excluding hydrogens is 668 g/mol. The molecule has 0 aliphatic carbocycles. The molecular formula is C35H35F2N7O5S. The van der Waals surface area contributed by atoms with Crippen molar-refractivity contribution >= 4 is 26.7 Å². The lowest BCUT2D eigenvalue weighted by atomic mass is 9.78. The number of carboxylic acids is 1. The molecule has 1 aliphatic rings. The zero-order valence-electron chi connectivity index (χ0n) is 27.5. The van der Waals surface area contributed by atoms with Gasteiger partial charge in [-0.2, -0.15) is 10.2 Å². The average Bonchev–Trinajstić information content (AvgIpc) is 3.72. The number of ether oxygens (including phenoxy) is 1. The second-order valence-corrected chi connectivity index (χ2v) is 14.7. The molecule has 0 amide bonds. The van der Waals surface area contributed by atoms with Crippen LogP contribution in [0.25, 0.3) is 22.3 Å². The number of hydrogen-bond donors (Lipinski definition) is 4. The van der Waals surface area contributed by atoms with Gasteiger partial charge in [-0.05, 0) is 62.1 Å². The Hall–Kier alpha value is -5.44. The maximum absolute atomic E-state index is 15.7. The number of benzene rings is 3. The fraction of sp³-hybridized carbons (Fsp3) is 0.286. The highest BCUT2D eigenvalue weighted by Crippen LogP contribution is 2.39. The van der Waals surface area contributed by atoms with E-state index in [0.29, 0.717) is 27.7 Å². The van der Waals surface area contributed by atoms with Gasteiger partial charge in [0.1, 0.15) is 11.6 Å². The molecule has 12 nitrogen and oxygen atoms in total. The molecule has 3 aromatic carbocycles. The smallest absolute Gasteiger partial charge is 0.303 e. The highest BCUT2D eigenvalue weighted by atomic mass is 32.2. The van der Waals surface area contributed by atoms with E-state index in [4.69, 9.17) is 15.3 Å². The summed E-state index contributed by atoms with van der Waals surface area (Å²) in [5.41, 5.74) is 9.25. The average molecular weight is 704 g/mol.